The van der Waals surface area contributed by atoms with Crippen molar-refractivity contribution >= 4 is 15.9 Å². The van der Waals surface area contributed by atoms with Crippen molar-refractivity contribution in [2.75, 3.05) is 33.9 Å². The number of fused-ring (bicyclic) bond motifs is 3. The van der Waals surface area contributed by atoms with Crippen LogP contribution in [0.1, 0.15) is 17.2 Å². The fourth-order valence-corrected chi connectivity index (χ4v) is 5.60. The number of nitrogens with zero attached hydrogens (tertiary/aromatic N) is 2. The van der Waals surface area contributed by atoms with Crippen LogP contribution in [0.15, 0.2) is 29.2 Å². The number of carbonyl (C=O) groups is 1. The molecule has 166 valence electrons. The molecule has 1 saturated heterocycles. The predicted octanol–water partition coefficient (Wildman–Crippen LogP) is 2.25. The number of benzene rings is 2. The maximum absolute atomic E-state index is 14.2. The Balaban J connectivity index is 1.76. The van der Waals surface area contributed by atoms with Crippen molar-refractivity contribution < 1.29 is 35.9 Å². The number of ether oxygens (including phenoxy) is 2. The van der Waals surface area contributed by atoms with Crippen LogP contribution in [0.25, 0.3) is 0 Å². The predicted molar refractivity (Wildman–Crippen MR) is 103 cm³/mol. The van der Waals surface area contributed by atoms with E-state index >= 15 is 0 Å². The zero-order valence-corrected chi connectivity index (χ0v) is 17.5. The molecule has 0 saturated carbocycles. The Kier molecular flexibility index (Phi) is 5.34. The third-order valence-corrected chi connectivity index (χ3v) is 7.44. The highest BCUT2D eigenvalue weighted by atomic mass is 32.2. The van der Waals surface area contributed by atoms with Gasteiger partial charge in [0.1, 0.15) is 17.5 Å². The van der Waals surface area contributed by atoms with Crippen LogP contribution in [-0.2, 0) is 21.2 Å². The molecular formula is C20H19F3N2O5S. The first-order valence-corrected chi connectivity index (χ1v) is 10.8. The summed E-state index contributed by atoms with van der Waals surface area (Å²) in [5.41, 5.74) is 1.52. The maximum atomic E-state index is 14.2. The van der Waals surface area contributed by atoms with Crippen LogP contribution in [0.5, 0.6) is 11.5 Å². The highest BCUT2D eigenvalue weighted by Crippen LogP contribution is 2.40. The molecule has 0 spiro atoms. The van der Waals surface area contributed by atoms with Gasteiger partial charge in [-0.15, -0.1) is 0 Å². The van der Waals surface area contributed by atoms with Crippen molar-refractivity contribution in [3.05, 3.63) is 52.8 Å². The van der Waals surface area contributed by atoms with Gasteiger partial charge in [-0.25, -0.2) is 21.6 Å². The molecule has 31 heavy (non-hydrogen) atoms. The summed E-state index contributed by atoms with van der Waals surface area (Å²) < 4.78 is 79.0. The van der Waals surface area contributed by atoms with Crippen LogP contribution in [0.2, 0.25) is 0 Å². The second-order valence-corrected chi connectivity index (χ2v) is 9.13. The zero-order valence-electron chi connectivity index (χ0n) is 16.7. The third kappa shape index (κ3) is 3.51. The molecule has 1 fully saturated rings. The SMILES string of the molecule is COc1cc2c(cc1OC)C1CN(S(=O)(=O)c3c(F)cc(F)cc3F)CC(=O)N1CC2. The standard InChI is InChI=1S/C20H19F3N2O5S/c1-29-17-5-11-3-4-25-16(13(11)8-18(17)30-2)9-24(10-19(25)26)31(27,28)20-14(22)6-12(21)7-15(20)23/h5-8,16H,3-4,9-10H2,1-2H3. The van der Waals surface area contributed by atoms with Crippen molar-refractivity contribution in [3.8, 4) is 11.5 Å². The van der Waals surface area contributed by atoms with Crippen LogP contribution in [0.3, 0.4) is 0 Å². The van der Waals surface area contributed by atoms with Crippen LogP contribution in [0, 0.1) is 17.5 Å². The quantitative estimate of drug-likeness (QED) is 0.706. The first-order chi connectivity index (χ1) is 14.7. The molecule has 1 amide bonds. The molecule has 4 rings (SSSR count). The largest absolute Gasteiger partial charge is 0.493 e. The molecule has 7 nitrogen and oxygen atoms in total. The van der Waals surface area contributed by atoms with Crippen molar-refractivity contribution in [2.24, 2.45) is 0 Å². The highest BCUT2D eigenvalue weighted by molar-refractivity contribution is 7.89. The van der Waals surface area contributed by atoms with Gasteiger partial charge in [0.2, 0.25) is 15.9 Å². The molecule has 1 unspecified atom stereocenters. The Morgan fingerprint density at radius 2 is 1.61 bits per heavy atom. The molecule has 0 radical (unpaired) electrons. The molecule has 0 bridgehead atoms. The lowest BCUT2D eigenvalue weighted by Crippen LogP contribution is -2.55. The van der Waals surface area contributed by atoms with Gasteiger partial charge in [-0.2, -0.15) is 4.31 Å². The van der Waals surface area contributed by atoms with E-state index in [-0.39, 0.29) is 6.54 Å². The number of hydrogen-bond acceptors (Lipinski definition) is 5. The van der Waals surface area contributed by atoms with Crippen molar-refractivity contribution in [1.29, 1.82) is 0 Å². The van der Waals surface area contributed by atoms with Gasteiger partial charge < -0.3 is 14.4 Å². The van der Waals surface area contributed by atoms with Gasteiger partial charge in [-0.3, -0.25) is 4.79 Å². The van der Waals surface area contributed by atoms with Gasteiger partial charge in [-0.05, 0) is 29.7 Å². The topological polar surface area (TPSA) is 76.1 Å². The summed E-state index contributed by atoms with van der Waals surface area (Å²) in [6, 6.07) is 3.35. The van der Waals surface area contributed by atoms with E-state index in [1.54, 1.807) is 12.1 Å². The van der Waals surface area contributed by atoms with E-state index in [1.165, 1.54) is 19.1 Å². The lowest BCUT2D eigenvalue weighted by Gasteiger charge is -2.44. The summed E-state index contributed by atoms with van der Waals surface area (Å²) in [6.07, 6.45) is 0.534. The summed E-state index contributed by atoms with van der Waals surface area (Å²) in [5, 5.41) is 0. The molecular weight excluding hydrogens is 437 g/mol. The Hall–Kier alpha value is -2.79. The van der Waals surface area contributed by atoms with Gasteiger partial charge >= 0.3 is 0 Å². The molecule has 0 N–H and O–H groups in total. The normalized spacial score (nSPS) is 19.1. The molecule has 2 heterocycles. The Morgan fingerprint density at radius 1 is 1.00 bits per heavy atom. The Morgan fingerprint density at radius 3 is 2.23 bits per heavy atom. The fourth-order valence-electron chi connectivity index (χ4n) is 4.11. The van der Waals surface area contributed by atoms with E-state index in [1.807, 2.05) is 0 Å². The first-order valence-electron chi connectivity index (χ1n) is 9.36. The summed E-state index contributed by atoms with van der Waals surface area (Å²) in [5.74, 6) is -3.94. The minimum absolute atomic E-state index is 0.215. The van der Waals surface area contributed by atoms with E-state index in [9.17, 15) is 26.4 Å². The summed E-state index contributed by atoms with van der Waals surface area (Å²) >= 11 is 0. The smallest absolute Gasteiger partial charge is 0.249 e. The van der Waals surface area contributed by atoms with E-state index in [0.717, 1.165) is 9.87 Å². The van der Waals surface area contributed by atoms with Crippen LogP contribution in [0.4, 0.5) is 13.2 Å². The number of sulfonamides is 1. The summed E-state index contributed by atoms with van der Waals surface area (Å²) in [6.45, 7) is -0.427. The fraction of sp³-hybridized carbons (Fsp3) is 0.350. The van der Waals surface area contributed by atoms with E-state index in [0.29, 0.717) is 42.2 Å². The number of hydrogen-bond donors (Lipinski definition) is 0. The maximum Gasteiger partial charge on any atom is 0.249 e. The van der Waals surface area contributed by atoms with Gasteiger partial charge in [0.25, 0.3) is 0 Å². The second-order valence-electron chi connectivity index (χ2n) is 7.26. The molecule has 2 aromatic carbocycles. The molecule has 2 aromatic rings. The van der Waals surface area contributed by atoms with Gasteiger partial charge in [-0.1, -0.05) is 0 Å². The lowest BCUT2D eigenvalue weighted by atomic mass is 9.90. The molecule has 1 atom stereocenters. The van der Waals surface area contributed by atoms with Crippen molar-refractivity contribution in [2.45, 2.75) is 17.4 Å². The average molecular weight is 456 g/mol. The Bertz CT molecular complexity index is 1150. The number of methoxy groups -OCH3 is 2. The molecule has 0 aliphatic carbocycles. The van der Waals surface area contributed by atoms with Gasteiger partial charge in [0.15, 0.2) is 16.4 Å². The summed E-state index contributed by atoms with van der Waals surface area (Å²) in [4.78, 5) is 13.0. The van der Waals surface area contributed by atoms with Crippen LogP contribution in [-0.4, -0.2) is 57.4 Å². The number of carbonyl (C=O) groups excluding carboxylic acids is 1. The average Bonchev–Trinajstić information content (AvgIpc) is 2.71. The van der Waals surface area contributed by atoms with Crippen molar-refractivity contribution in [1.82, 2.24) is 9.21 Å². The molecule has 11 heteroatoms. The molecule has 2 aliphatic heterocycles. The monoisotopic (exact) mass is 456 g/mol. The number of amides is 1. The molecule has 2 aliphatic rings. The second kappa shape index (κ2) is 7.72. The van der Waals surface area contributed by atoms with Crippen molar-refractivity contribution in [3.63, 3.8) is 0 Å². The number of rotatable bonds is 4. The minimum Gasteiger partial charge on any atom is -0.493 e. The van der Waals surface area contributed by atoms with Gasteiger partial charge in [0, 0.05) is 25.2 Å². The third-order valence-electron chi connectivity index (χ3n) is 5.57. The molecule has 0 aromatic heterocycles. The highest BCUT2D eigenvalue weighted by Gasteiger charge is 2.43. The summed E-state index contributed by atoms with van der Waals surface area (Å²) in [7, 11) is -1.80. The van der Waals surface area contributed by atoms with E-state index in [2.05, 4.69) is 0 Å². The lowest BCUT2D eigenvalue weighted by molar-refractivity contribution is -0.138. The number of halogens is 3. The van der Waals surface area contributed by atoms with Crippen LogP contribution >= 0.6 is 0 Å². The van der Waals surface area contributed by atoms with Gasteiger partial charge in [0.05, 0.1) is 26.8 Å². The number of piperazine rings is 1. The first kappa shape index (κ1) is 21.4. The minimum atomic E-state index is -4.74. The zero-order chi connectivity index (χ0) is 22.5. The Labute approximate surface area is 177 Å². The van der Waals surface area contributed by atoms with E-state index < -0.39 is 50.9 Å². The van der Waals surface area contributed by atoms with E-state index in [4.69, 9.17) is 9.47 Å². The van der Waals surface area contributed by atoms with Crippen LogP contribution < -0.4 is 9.47 Å².